The first-order valence-electron chi connectivity index (χ1n) is 9.79. The van der Waals surface area contributed by atoms with Crippen LogP contribution in [-0.4, -0.2) is 10.9 Å². The molecule has 158 valence electrons. The van der Waals surface area contributed by atoms with Gasteiger partial charge in [-0.1, -0.05) is 41.4 Å². The molecule has 4 rings (SSSR count). The van der Waals surface area contributed by atoms with Crippen molar-refractivity contribution >= 4 is 40.1 Å². The molecule has 1 N–H and O–H groups in total. The summed E-state index contributed by atoms with van der Waals surface area (Å²) in [6.45, 7) is 2.05. The first-order chi connectivity index (χ1) is 15.5. The van der Waals surface area contributed by atoms with E-state index in [0.717, 1.165) is 16.9 Å². The second-order valence-electron chi connectivity index (χ2n) is 7.13. The van der Waals surface area contributed by atoms with Gasteiger partial charge in [0.2, 0.25) is 0 Å². The lowest BCUT2D eigenvalue weighted by atomic mass is 10.1. The molecule has 2 aromatic carbocycles. The second-order valence-corrected chi connectivity index (χ2v) is 8.68. The average Bonchev–Trinajstić information content (AvgIpc) is 3.43. The zero-order valence-electron chi connectivity index (χ0n) is 17.1. The fraction of sp³-hybridized carbons (Fsp3) is 0.0800. The van der Waals surface area contributed by atoms with Crippen molar-refractivity contribution in [3.05, 3.63) is 99.2 Å². The highest BCUT2D eigenvalue weighted by atomic mass is 35.5. The first kappa shape index (κ1) is 21.6. The van der Waals surface area contributed by atoms with E-state index in [9.17, 15) is 10.1 Å². The van der Waals surface area contributed by atoms with Gasteiger partial charge in [-0.3, -0.25) is 10.1 Å². The van der Waals surface area contributed by atoms with E-state index in [-0.39, 0.29) is 5.57 Å². The molecular weight excluding hydrogens is 442 g/mol. The highest BCUT2D eigenvalue weighted by molar-refractivity contribution is 7.15. The minimum absolute atomic E-state index is 0.0720. The number of nitrogens with zero attached hydrogens (tertiary/aromatic N) is 2. The summed E-state index contributed by atoms with van der Waals surface area (Å²) in [6, 6.07) is 20.9. The number of carbonyl (C=O) groups excluding carboxylic acids is 1. The van der Waals surface area contributed by atoms with Gasteiger partial charge in [0.25, 0.3) is 5.91 Å². The number of thiazole rings is 1. The van der Waals surface area contributed by atoms with E-state index in [1.54, 1.807) is 30.5 Å². The summed E-state index contributed by atoms with van der Waals surface area (Å²) in [7, 11) is 0. The van der Waals surface area contributed by atoms with Gasteiger partial charge in [-0.05, 0) is 48.9 Å². The third-order valence-corrected chi connectivity index (χ3v) is 5.84. The van der Waals surface area contributed by atoms with Crippen LogP contribution in [0.3, 0.4) is 0 Å². The van der Waals surface area contributed by atoms with Gasteiger partial charge in [0, 0.05) is 34.2 Å². The van der Waals surface area contributed by atoms with Crippen LogP contribution in [0.2, 0.25) is 5.02 Å². The van der Waals surface area contributed by atoms with Crippen LogP contribution < -0.4 is 5.32 Å². The number of aryl methyl sites for hydroxylation is 1. The van der Waals surface area contributed by atoms with Gasteiger partial charge in [-0.2, -0.15) is 5.26 Å². The van der Waals surface area contributed by atoms with E-state index in [0.29, 0.717) is 21.7 Å². The SMILES string of the molecule is Cc1ccc(Cc2cnc(NC(=O)/C(C#N)=C\c3ccc(-c4ccc(Cl)cc4)o3)s2)cc1. The van der Waals surface area contributed by atoms with E-state index in [4.69, 9.17) is 16.0 Å². The number of furan rings is 1. The van der Waals surface area contributed by atoms with E-state index < -0.39 is 5.91 Å². The normalized spacial score (nSPS) is 11.2. The van der Waals surface area contributed by atoms with Gasteiger partial charge in [0.05, 0.1) is 0 Å². The summed E-state index contributed by atoms with van der Waals surface area (Å²) < 4.78 is 5.76. The summed E-state index contributed by atoms with van der Waals surface area (Å²) in [5.41, 5.74) is 3.15. The number of amides is 1. The highest BCUT2D eigenvalue weighted by Crippen LogP contribution is 2.26. The maximum Gasteiger partial charge on any atom is 0.268 e. The minimum Gasteiger partial charge on any atom is -0.457 e. The van der Waals surface area contributed by atoms with Crippen molar-refractivity contribution in [2.45, 2.75) is 13.3 Å². The molecule has 2 heterocycles. The zero-order valence-corrected chi connectivity index (χ0v) is 18.7. The minimum atomic E-state index is -0.534. The Balaban J connectivity index is 1.44. The third kappa shape index (κ3) is 5.33. The molecule has 0 aliphatic carbocycles. The summed E-state index contributed by atoms with van der Waals surface area (Å²) in [6.07, 6.45) is 3.88. The Labute approximate surface area is 194 Å². The molecular formula is C25H18ClN3O2S. The molecule has 0 aliphatic rings. The molecule has 0 spiro atoms. The number of hydrogen-bond donors (Lipinski definition) is 1. The number of rotatable bonds is 6. The molecule has 7 heteroatoms. The van der Waals surface area contributed by atoms with Crippen molar-refractivity contribution in [2.24, 2.45) is 0 Å². The molecule has 0 saturated heterocycles. The van der Waals surface area contributed by atoms with E-state index in [1.807, 2.05) is 25.1 Å². The van der Waals surface area contributed by atoms with Crippen molar-refractivity contribution < 1.29 is 9.21 Å². The Morgan fingerprint density at radius 2 is 1.91 bits per heavy atom. The lowest BCUT2D eigenvalue weighted by molar-refractivity contribution is -0.112. The topological polar surface area (TPSA) is 78.9 Å². The van der Waals surface area contributed by atoms with Crippen molar-refractivity contribution in [1.29, 1.82) is 5.26 Å². The summed E-state index contributed by atoms with van der Waals surface area (Å²) in [5.74, 6) is 0.486. The number of halogens is 1. The molecule has 5 nitrogen and oxygen atoms in total. The average molecular weight is 460 g/mol. The Kier molecular flexibility index (Phi) is 6.50. The van der Waals surface area contributed by atoms with Gasteiger partial charge >= 0.3 is 0 Å². The number of benzene rings is 2. The van der Waals surface area contributed by atoms with Crippen molar-refractivity contribution in [3.8, 4) is 17.4 Å². The predicted octanol–water partition coefficient (Wildman–Crippen LogP) is 6.50. The van der Waals surface area contributed by atoms with Crippen molar-refractivity contribution in [2.75, 3.05) is 5.32 Å². The van der Waals surface area contributed by atoms with Crippen LogP contribution in [0.4, 0.5) is 5.13 Å². The fourth-order valence-electron chi connectivity index (χ4n) is 3.01. The van der Waals surface area contributed by atoms with Crippen molar-refractivity contribution in [1.82, 2.24) is 4.98 Å². The van der Waals surface area contributed by atoms with Gasteiger partial charge in [-0.15, -0.1) is 11.3 Å². The van der Waals surface area contributed by atoms with Crippen LogP contribution in [-0.2, 0) is 11.2 Å². The Hall–Kier alpha value is -3.66. The van der Waals surface area contributed by atoms with Crippen LogP contribution in [0.5, 0.6) is 0 Å². The molecule has 4 aromatic rings. The number of anilines is 1. The first-order valence-corrected chi connectivity index (χ1v) is 11.0. The van der Waals surface area contributed by atoms with Crippen LogP contribution >= 0.6 is 22.9 Å². The quantitative estimate of drug-likeness (QED) is 0.263. The van der Waals surface area contributed by atoms with Crippen LogP contribution in [0.1, 0.15) is 21.8 Å². The number of hydrogen-bond acceptors (Lipinski definition) is 5. The Morgan fingerprint density at radius 3 is 2.62 bits per heavy atom. The predicted molar refractivity (Wildman–Crippen MR) is 127 cm³/mol. The van der Waals surface area contributed by atoms with Gasteiger partial charge in [-0.25, -0.2) is 4.98 Å². The van der Waals surface area contributed by atoms with Crippen molar-refractivity contribution in [3.63, 3.8) is 0 Å². The third-order valence-electron chi connectivity index (χ3n) is 4.68. The molecule has 0 atom stereocenters. The smallest absolute Gasteiger partial charge is 0.268 e. The maximum absolute atomic E-state index is 12.6. The standard InChI is InChI=1S/C25H18ClN3O2S/c1-16-2-4-17(5-3-16)12-22-15-28-25(32-22)29-24(30)19(14-27)13-21-10-11-23(31-21)18-6-8-20(26)9-7-18/h2-11,13,15H,12H2,1H3,(H,28,29,30)/b19-13-. The Bertz CT molecular complexity index is 1310. The molecule has 2 aromatic heterocycles. The molecule has 0 unspecified atom stereocenters. The Morgan fingerprint density at radius 1 is 1.16 bits per heavy atom. The number of nitriles is 1. The van der Waals surface area contributed by atoms with Gasteiger partial charge in [0.1, 0.15) is 23.2 Å². The lowest BCUT2D eigenvalue weighted by Gasteiger charge is -2.00. The maximum atomic E-state index is 12.6. The number of nitrogens with one attached hydrogen (secondary N) is 1. The van der Waals surface area contributed by atoms with E-state index in [2.05, 4.69) is 34.6 Å². The monoisotopic (exact) mass is 459 g/mol. The molecule has 0 bridgehead atoms. The molecule has 32 heavy (non-hydrogen) atoms. The number of aromatic nitrogens is 1. The van der Waals surface area contributed by atoms with Crippen LogP contribution in [0.15, 0.2) is 76.9 Å². The summed E-state index contributed by atoms with van der Waals surface area (Å²) in [4.78, 5) is 17.9. The van der Waals surface area contributed by atoms with Crippen LogP contribution in [0.25, 0.3) is 17.4 Å². The van der Waals surface area contributed by atoms with E-state index >= 15 is 0 Å². The molecule has 0 aliphatic heterocycles. The molecule has 0 saturated carbocycles. The second kappa shape index (κ2) is 9.65. The van der Waals surface area contributed by atoms with Gasteiger partial charge < -0.3 is 4.42 Å². The number of carbonyl (C=O) groups is 1. The van der Waals surface area contributed by atoms with Gasteiger partial charge in [0.15, 0.2) is 5.13 Å². The molecule has 1 amide bonds. The summed E-state index contributed by atoms with van der Waals surface area (Å²) in [5, 5.41) is 13.2. The zero-order chi connectivity index (χ0) is 22.5. The largest absolute Gasteiger partial charge is 0.457 e. The molecule has 0 fully saturated rings. The van der Waals surface area contributed by atoms with Crippen LogP contribution in [0, 0.1) is 18.3 Å². The molecule has 0 radical (unpaired) electrons. The highest BCUT2D eigenvalue weighted by Gasteiger charge is 2.14. The lowest BCUT2D eigenvalue weighted by Crippen LogP contribution is -2.13. The fourth-order valence-corrected chi connectivity index (χ4v) is 3.98. The van der Waals surface area contributed by atoms with E-state index in [1.165, 1.54) is 28.5 Å². The summed E-state index contributed by atoms with van der Waals surface area (Å²) >= 11 is 7.30.